The minimum Gasteiger partial charge on any atom is -0.507 e. The highest BCUT2D eigenvalue weighted by Crippen LogP contribution is 2.42. The molecule has 2 atom stereocenters. The van der Waals surface area contributed by atoms with Gasteiger partial charge in [0.1, 0.15) is 11.6 Å². The molecule has 6 heteroatoms. The predicted octanol–water partition coefficient (Wildman–Crippen LogP) is 3.68. The van der Waals surface area contributed by atoms with Crippen LogP contribution in [-0.2, 0) is 4.79 Å². The lowest BCUT2D eigenvalue weighted by atomic mass is 9.90. The van der Waals surface area contributed by atoms with Gasteiger partial charge in [-0.2, -0.15) is 0 Å². The number of carbonyl (C=O) groups is 1. The molecule has 1 aromatic heterocycles. The Morgan fingerprint density at radius 1 is 1.38 bits per heavy atom. The fraction of sp³-hybridized carbons (Fsp3) is 0.348. The molecule has 0 aliphatic heterocycles. The van der Waals surface area contributed by atoms with E-state index >= 15 is 0 Å². The van der Waals surface area contributed by atoms with Gasteiger partial charge in [0, 0.05) is 42.0 Å². The number of rotatable bonds is 7. The van der Waals surface area contributed by atoms with Gasteiger partial charge in [-0.3, -0.25) is 4.79 Å². The van der Waals surface area contributed by atoms with E-state index in [1.165, 1.54) is 12.5 Å². The van der Waals surface area contributed by atoms with Crippen molar-refractivity contribution in [3.8, 4) is 5.75 Å². The molecular formula is C23H30N4O2. The van der Waals surface area contributed by atoms with Gasteiger partial charge in [-0.1, -0.05) is 25.1 Å². The van der Waals surface area contributed by atoms with E-state index in [0.29, 0.717) is 28.9 Å². The largest absolute Gasteiger partial charge is 0.507 e. The SMILES string of the molecule is C=CC(=O)N(C)CC[C@H]1CCCC1c1cc(/C=C(\N)c2ccccc2O)c(N)[nH]1. The topological polar surface area (TPSA) is 108 Å². The van der Waals surface area contributed by atoms with E-state index in [1.54, 1.807) is 29.2 Å². The maximum Gasteiger partial charge on any atom is 0.245 e. The van der Waals surface area contributed by atoms with Crippen molar-refractivity contribution in [3.63, 3.8) is 0 Å². The van der Waals surface area contributed by atoms with Gasteiger partial charge >= 0.3 is 0 Å². The summed E-state index contributed by atoms with van der Waals surface area (Å²) in [6.07, 6.45) is 7.51. The molecule has 6 nitrogen and oxygen atoms in total. The van der Waals surface area contributed by atoms with E-state index in [2.05, 4.69) is 17.6 Å². The van der Waals surface area contributed by atoms with Crippen LogP contribution in [0.1, 0.15) is 48.4 Å². The molecule has 1 heterocycles. The number of carbonyl (C=O) groups excluding carboxylic acids is 1. The van der Waals surface area contributed by atoms with Crippen molar-refractivity contribution in [2.24, 2.45) is 11.7 Å². The molecule has 2 aromatic rings. The van der Waals surface area contributed by atoms with Gasteiger partial charge in [0.25, 0.3) is 0 Å². The molecule has 1 aliphatic carbocycles. The van der Waals surface area contributed by atoms with Crippen LogP contribution in [0.4, 0.5) is 5.82 Å². The third kappa shape index (κ3) is 4.65. The molecule has 6 N–H and O–H groups in total. The molecule has 0 saturated heterocycles. The van der Waals surface area contributed by atoms with Crippen LogP contribution < -0.4 is 11.5 Å². The normalized spacial score (nSPS) is 19.3. The number of nitrogens with one attached hydrogen (secondary N) is 1. The molecule has 3 rings (SSSR count). The molecule has 1 amide bonds. The number of nitrogens with two attached hydrogens (primary N) is 2. The van der Waals surface area contributed by atoms with Gasteiger partial charge in [-0.05, 0) is 55.5 Å². The van der Waals surface area contributed by atoms with Gasteiger partial charge in [-0.25, -0.2) is 0 Å². The highest BCUT2D eigenvalue weighted by atomic mass is 16.3. The minimum absolute atomic E-state index is 0.0456. The van der Waals surface area contributed by atoms with Crippen LogP contribution in [0.2, 0.25) is 0 Å². The van der Waals surface area contributed by atoms with Gasteiger partial charge in [-0.15, -0.1) is 0 Å². The highest BCUT2D eigenvalue weighted by Gasteiger charge is 2.30. The van der Waals surface area contributed by atoms with E-state index in [9.17, 15) is 9.90 Å². The van der Waals surface area contributed by atoms with Crippen LogP contribution in [0.15, 0.2) is 43.0 Å². The Hall–Kier alpha value is -3.15. The minimum atomic E-state index is -0.0456. The summed E-state index contributed by atoms with van der Waals surface area (Å²) in [5.74, 6) is 1.56. The lowest BCUT2D eigenvalue weighted by Gasteiger charge is -2.22. The molecule has 29 heavy (non-hydrogen) atoms. The summed E-state index contributed by atoms with van der Waals surface area (Å²) in [4.78, 5) is 16.8. The van der Waals surface area contributed by atoms with Crippen LogP contribution >= 0.6 is 0 Å². The molecule has 0 bridgehead atoms. The molecule has 1 aliphatic rings. The van der Waals surface area contributed by atoms with Gasteiger partial charge < -0.3 is 26.5 Å². The smallest absolute Gasteiger partial charge is 0.245 e. The number of aromatic nitrogens is 1. The van der Waals surface area contributed by atoms with E-state index < -0.39 is 0 Å². The molecule has 154 valence electrons. The van der Waals surface area contributed by atoms with Crippen molar-refractivity contribution in [3.05, 3.63) is 59.8 Å². The zero-order valence-corrected chi connectivity index (χ0v) is 16.9. The Balaban J connectivity index is 1.75. The quantitative estimate of drug-likeness (QED) is 0.537. The van der Waals surface area contributed by atoms with E-state index in [4.69, 9.17) is 11.5 Å². The van der Waals surface area contributed by atoms with E-state index in [1.807, 2.05) is 13.1 Å². The average Bonchev–Trinajstić information content (AvgIpc) is 3.32. The summed E-state index contributed by atoms with van der Waals surface area (Å²) < 4.78 is 0. The zero-order chi connectivity index (χ0) is 21.0. The Morgan fingerprint density at radius 2 is 2.14 bits per heavy atom. The maximum atomic E-state index is 11.7. The number of phenolic OH excluding ortho intramolecular Hbond substituents is 1. The van der Waals surface area contributed by atoms with Crippen LogP contribution in [-0.4, -0.2) is 34.5 Å². The number of nitrogens with zero attached hydrogens (tertiary/aromatic N) is 1. The summed E-state index contributed by atoms with van der Waals surface area (Å²) >= 11 is 0. The molecule has 1 fully saturated rings. The Kier molecular flexibility index (Phi) is 6.32. The van der Waals surface area contributed by atoms with Crippen LogP contribution in [0.3, 0.4) is 0 Å². The summed E-state index contributed by atoms with van der Waals surface area (Å²) in [6.45, 7) is 4.26. The second-order valence-electron chi connectivity index (χ2n) is 7.76. The fourth-order valence-electron chi connectivity index (χ4n) is 4.21. The first-order chi connectivity index (χ1) is 13.9. The van der Waals surface area contributed by atoms with Crippen LogP contribution in [0.25, 0.3) is 11.8 Å². The Bertz CT molecular complexity index is 915. The second-order valence-corrected chi connectivity index (χ2v) is 7.76. The number of aromatic amines is 1. The number of H-pyrrole nitrogens is 1. The first-order valence-electron chi connectivity index (χ1n) is 10.0. The van der Waals surface area contributed by atoms with E-state index in [0.717, 1.165) is 37.1 Å². The molecule has 1 unspecified atom stereocenters. The molecule has 1 saturated carbocycles. The van der Waals surface area contributed by atoms with Gasteiger partial charge in [0.2, 0.25) is 5.91 Å². The number of hydrogen-bond donors (Lipinski definition) is 4. The lowest BCUT2D eigenvalue weighted by Crippen LogP contribution is -2.27. The summed E-state index contributed by atoms with van der Waals surface area (Å²) in [5, 5.41) is 10.0. The predicted molar refractivity (Wildman–Crippen MR) is 118 cm³/mol. The molecule has 0 spiro atoms. The maximum absolute atomic E-state index is 11.7. The van der Waals surface area contributed by atoms with Crippen molar-refractivity contribution in [1.29, 1.82) is 0 Å². The summed E-state index contributed by atoms with van der Waals surface area (Å²) in [6, 6.07) is 9.04. The Morgan fingerprint density at radius 3 is 2.86 bits per heavy atom. The van der Waals surface area contributed by atoms with Gasteiger partial charge in [0.15, 0.2) is 0 Å². The molecule has 1 aromatic carbocycles. The summed E-state index contributed by atoms with van der Waals surface area (Å²) in [7, 11) is 1.81. The van der Waals surface area contributed by atoms with Crippen molar-refractivity contribution in [2.75, 3.05) is 19.3 Å². The monoisotopic (exact) mass is 394 g/mol. The third-order valence-corrected chi connectivity index (χ3v) is 5.87. The van der Waals surface area contributed by atoms with Crippen molar-refractivity contribution < 1.29 is 9.90 Å². The fourth-order valence-corrected chi connectivity index (χ4v) is 4.21. The second kappa shape index (κ2) is 8.90. The number of phenols is 1. The average molecular weight is 395 g/mol. The van der Waals surface area contributed by atoms with Crippen molar-refractivity contribution >= 4 is 23.5 Å². The van der Waals surface area contributed by atoms with E-state index in [-0.39, 0.29) is 11.7 Å². The number of amides is 1. The lowest BCUT2D eigenvalue weighted by molar-refractivity contribution is -0.124. The molecular weight excluding hydrogens is 364 g/mol. The van der Waals surface area contributed by atoms with Crippen LogP contribution in [0.5, 0.6) is 5.75 Å². The number of para-hydroxylation sites is 1. The third-order valence-electron chi connectivity index (χ3n) is 5.87. The summed E-state index contributed by atoms with van der Waals surface area (Å²) in [5.41, 5.74) is 15.4. The number of aromatic hydroxyl groups is 1. The highest BCUT2D eigenvalue weighted by molar-refractivity contribution is 5.86. The number of hydrogen-bond acceptors (Lipinski definition) is 4. The number of likely N-dealkylation sites (N-methyl/N-ethyl adjacent to an activating group) is 1. The molecule has 0 radical (unpaired) electrons. The van der Waals surface area contributed by atoms with Crippen LogP contribution in [0, 0.1) is 5.92 Å². The first kappa shape index (κ1) is 20.6. The first-order valence-corrected chi connectivity index (χ1v) is 10.0. The number of anilines is 1. The van der Waals surface area contributed by atoms with Crippen molar-refractivity contribution in [1.82, 2.24) is 9.88 Å². The number of benzene rings is 1. The standard InChI is InChI=1S/C23H30N4O2/c1-3-22(29)27(2)12-11-15-7-6-9-17(15)20-14-16(23(25)26-20)13-19(24)18-8-4-5-10-21(18)28/h3-5,8,10,13-15,17,26,28H,1,6-7,9,11-12,24-25H2,2H3/b19-13-/t15-,17?/m1/s1. The van der Waals surface area contributed by atoms with Gasteiger partial charge in [0.05, 0.1) is 0 Å². The number of nitrogen functional groups attached to an aromatic ring is 1. The van der Waals surface area contributed by atoms with Crippen molar-refractivity contribution in [2.45, 2.75) is 31.6 Å². The Labute approximate surface area is 171 Å². The zero-order valence-electron chi connectivity index (χ0n) is 16.9.